The minimum atomic E-state index is -0.706. The van der Waals surface area contributed by atoms with E-state index in [1.165, 1.54) is 0 Å². The third-order valence-corrected chi connectivity index (χ3v) is 4.68. The number of benzene rings is 2. The lowest BCUT2D eigenvalue weighted by molar-refractivity contribution is -0.134. The Labute approximate surface area is 167 Å². The molecular formula is C20H23BrN2O4. The molecule has 0 heterocycles. The molecule has 1 unspecified atom stereocenters. The average molecular weight is 435 g/mol. The van der Waals surface area contributed by atoms with Gasteiger partial charge in [-0.2, -0.15) is 0 Å². The first-order valence-electron chi connectivity index (χ1n) is 8.60. The zero-order valence-corrected chi connectivity index (χ0v) is 17.1. The molecule has 0 bridgehead atoms. The van der Waals surface area contributed by atoms with E-state index in [9.17, 15) is 9.59 Å². The smallest absolute Gasteiger partial charge is 0.279 e. The van der Waals surface area contributed by atoms with Crippen molar-refractivity contribution < 1.29 is 19.1 Å². The number of ether oxygens (including phenoxy) is 2. The van der Waals surface area contributed by atoms with Crippen LogP contribution in [-0.4, -0.2) is 24.5 Å². The molecule has 1 atom stereocenters. The molecule has 0 aliphatic carbocycles. The van der Waals surface area contributed by atoms with Gasteiger partial charge in [0.1, 0.15) is 11.5 Å². The molecular weight excluding hydrogens is 412 g/mol. The van der Waals surface area contributed by atoms with Crippen LogP contribution in [0.3, 0.4) is 0 Å². The number of hydrogen-bond donors (Lipinski definition) is 2. The number of rotatable bonds is 7. The molecule has 0 spiro atoms. The monoisotopic (exact) mass is 434 g/mol. The maximum Gasteiger partial charge on any atom is 0.279 e. The van der Waals surface area contributed by atoms with Gasteiger partial charge >= 0.3 is 0 Å². The summed E-state index contributed by atoms with van der Waals surface area (Å²) in [5.41, 5.74) is 6.81. The molecule has 2 aromatic carbocycles. The second-order valence-corrected chi connectivity index (χ2v) is 6.92. The highest BCUT2D eigenvalue weighted by atomic mass is 79.9. The van der Waals surface area contributed by atoms with Crippen molar-refractivity contribution >= 4 is 27.7 Å². The minimum absolute atomic E-state index is 0.211. The Morgan fingerprint density at radius 2 is 1.70 bits per heavy atom. The number of halogens is 1. The van der Waals surface area contributed by atoms with Gasteiger partial charge in [0.2, 0.25) is 0 Å². The fourth-order valence-electron chi connectivity index (χ4n) is 2.21. The second-order valence-electron chi connectivity index (χ2n) is 6.06. The van der Waals surface area contributed by atoms with Crippen LogP contribution < -0.4 is 20.3 Å². The van der Waals surface area contributed by atoms with E-state index in [0.717, 1.165) is 15.6 Å². The maximum atomic E-state index is 12.2. The fraction of sp³-hybridized carbons (Fsp3) is 0.300. The number of nitrogens with one attached hydrogen (secondary N) is 2. The van der Waals surface area contributed by atoms with Crippen molar-refractivity contribution in [3.8, 4) is 11.5 Å². The lowest BCUT2D eigenvalue weighted by atomic mass is 10.2. The van der Waals surface area contributed by atoms with Crippen LogP contribution >= 0.6 is 15.9 Å². The maximum absolute atomic E-state index is 12.2. The molecule has 2 aromatic rings. The van der Waals surface area contributed by atoms with Crippen LogP contribution in [0.15, 0.2) is 46.9 Å². The van der Waals surface area contributed by atoms with Crippen molar-refractivity contribution in [3.05, 3.63) is 58.1 Å². The summed E-state index contributed by atoms with van der Waals surface area (Å²) < 4.78 is 12.0. The quantitative estimate of drug-likeness (QED) is 0.654. The summed E-state index contributed by atoms with van der Waals surface area (Å²) in [4.78, 5) is 24.1. The number of carbonyl (C=O) groups is 2. The van der Waals surface area contributed by atoms with Gasteiger partial charge in [-0.3, -0.25) is 20.4 Å². The van der Waals surface area contributed by atoms with Crippen molar-refractivity contribution in [2.24, 2.45) is 0 Å². The van der Waals surface area contributed by atoms with Gasteiger partial charge in [-0.15, -0.1) is 0 Å². The summed E-state index contributed by atoms with van der Waals surface area (Å²) in [6.45, 7) is 5.52. The number of hydrogen-bond acceptors (Lipinski definition) is 4. The van der Waals surface area contributed by atoms with Gasteiger partial charge in [0.05, 0.1) is 0 Å². The molecule has 2 rings (SSSR count). The molecule has 27 heavy (non-hydrogen) atoms. The lowest BCUT2D eigenvalue weighted by Crippen LogP contribution is -2.49. The van der Waals surface area contributed by atoms with Crippen molar-refractivity contribution in [2.45, 2.75) is 33.3 Å². The van der Waals surface area contributed by atoms with Gasteiger partial charge in [-0.05, 0) is 56.2 Å². The highest BCUT2D eigenvalue weighted by molar-refractivity contribution is 9.10. The molecule has 2 N–H and O–H groups in total. The van der Waals surface area contributed by atoms with Crippen LogP contribution in [0.25, 0.3) is 0 Å². The van der Waals surface area contributed by atoms with Gasteiger partial charge in [-0.1, -0.05) is 40.5 Å². The Balaban J connectivity index is 1.79. The van der Waals surface area contributed by atoms with Gasteiger partial charge in [0, 0.05) is 4.47 Å². The Morgan fingerprint density at radius 1 is 1.04 bits per heavy atom. The summed E-state index contributed by atoms with van der Waals surface area (Å²) in [5, 5.41) is 0. The first-order valence-corrected chi connectivity index (χ1v) is 9.39. The molecule has 0 fully saturated rings. The Hall–Kier alpha value is -2.54. The van der Waals surface area contributed by atoms with E-state index in [1.807, 2.05) is 45.0 Å². The fourth-order valence-corrected chi connectivity index (χ4v) is 2.45. The van der Waals surface area contributed by atoms with Gasteiger partial charge < -0.3 is 9.47 Å². The number of hydrazine groups is 1. The summed E-state index contributed by atoms with van der Waals surface area (Å²) >= 11 is 3.40. The predicted octanol–water partition coefficient (Wildman–Crippen LogP) is 3.45. The third kappa shape index (κ3) is 6.60. The van der Waals surface area contributed by atoms with Crippen LogP contribution in [-0.2, 0) is 9.59 Å². The first kappa shape index (κ1) is 20.8. The number of amides is 2. The molecule has 0 saturated carbocycles. The predicted molar refractivity (Wildman–Crippen MR) is 107 cm³/mol. The topological polar surface area (TPSA) is 76.7 Å². The summed E-state index contributed by atoms with van der Waals surface area (Å²) in [5.74, 6) is 0.286. The number of carbonyl (C=O) groups excluding carboxylic acids is 2. The van der Waals surface area contributed by atoms with Crippen LogP contribution in [0, 0.1) is 13.8 Å². The van der Waals surface area contributed by atoms with E-state index < -0.39 is 17.9 Å². The minimum Gasteiger partial charge on any atom is -0.484 e. The van der Waals surface area contributed by atoms with E-state index in [1.54, 1.807) is 18.2 Å². The van der Waals surface area contributed by atoms with Crippen LogP contribution in [0.1, 0.15) is 24.5 Å². The first-order chi connectivity index (χ1) is 12.9. The molecule has 0 radical (unpaired) electrons. The van der Waals surface area contributed by atoms with Crippen molar-refractivity contribution in [3.63, 3.8) is 0 Å². The van der Waals surface area contributed by atoms with Gasteiger partial charge in [-0.25, -0.2) is 0 Å². The summed E-state index contributed by atoms with van der Waals surface area (Å²) in [6.07, 6.45) is -0.243. The zero-order valence-electron chi connectivity index (χ0n) is 15.5. The van der Waals surface area contributed by atoms with E-state index in [-0.39, 0.29) is 6.61 Å². The molecule has 0 saturated heterocycles. The summed E-state index contributed by atoms with van der Waals surface area (Å²) in [7, 11) is 0. The van der Waals surface area contributed by atoms with Crippen molar-refractivity contribution in [1.29, 1.82) is 0 Å². The zero-order chi connectivity index (χ0) is 19.8. The molecule has 7 heteroatoms. The summed E-state index contributed by atoms with van der Waals surface area (Å²) in [6, 6.07) is 12.8. The van der Waals surface area contributed by atoms with Gasteiger partial charge in [0.25, 0.3) is 11.8 Å². The molecule has 0 aliphatic heterocycles. The van der Waals surface area contributed by atoms with Crippen LogP contribution in [0.4, 0.5) is 0 Å². The molecule has 0 aromatic heterocycles. The Morgan fingerprint density at radius 3 is 2.33 bits per heavy atom. The second kappa shape index (κ2) is 9.97. The highest BCUT2D eigenvalue weighted by Crippen LogP contribution is 2.21. The normalized spacial score (nSPS) is 11.4. The Bertz CT molecular complexity index is 793. The molecule has 6 nitrogen and oxygen atoms in total. The highest BCUT2D eigenvalue weighted by Gasteiger charge is 2.19. The van der Waals surface area contributed by atoms with Crippen LogP contribution in [0.2, 0.25) is 0 Å². The standard InChI is InChI=1S/C20H23BrN2O4/c1-4-18(27-15-7-5-13(2)6-8-15)20(25)23-22-19(24)12-26-16-9-10-17(21)14(3)11-16/h5-11,18H,4,12H2,1-3H3,(H,22,24)(H,23,25). The van der Waals surface area contributed by atoms with E-state index in [0.29, 0.717) is 17.9 Å². The van der Waals surface area contributed by atoms with Crippen molar-refractivity contribution in [2.75, 3.05) is 6.61 Å². The van der Waals surface area contributed by atoms with E-state index >= 15 is 0 Å². The van der Waals surface area contributed by atoms with Crippen molar-refractivity contribution in [1.82, 2.24) is 10.9 Å². The number of aryl methyl sites for hydroxylation is 2. The largest absolute Gasteiger partial charge is 0.484 e. The van der Waals surface area contributed by atoms with Crippen LogP contribution in [0.5, 0.6) is 11.5 Å². The molecule has 144 valence electrons. The Kier molecular flexibility index (Phi) is 7.67. The average Bonchev–Trinajstić information content (AvgIpc) is 2.66. The van der Waals surface area contributed by atoms with E-state index in [4.69, 9.17) is 9.47 Å². The molecule has 0 aliphatic rings. The van der Waals surface area contributed by atoms with Gasteiger partial charge in [0.15, 0.2) is 12.7 Å². The molecule has 2 amide bonds. The lowest BCUT2D eigenvalue weighted by Gasteiger charge is -2.17. The SMILES string of the molecule is CCC(Oc1ccc(C)cc1)C(=O)NNC(=O)COc1ccc(Br)c(C)c1. The van der Waals surface area contributed by atoms with E-state index in [2.05, 4.69) is 26.8 Å². The third-order valence-electron chi connectivity index (χ3n) is 3.79.